The molecule has 0 atom stereocenters. The molecule has 0 aliphatic heterocycles. The van der Waals surface area contributed by atoms with Crippen LogP contribution in [0.4, 0.5) is 17.1 Å². The topological polar surface area (TPSA) is 164 Å². The zero-order valence-corrected chi connectivity index (χ0v) is 12.0. The van der Waals surface area contributed by atoms with Gasteiger partial charge in [0, 0.05) is 34.9 Å². The molecule has 0 saturated carbocycles. The first-order chi connectivity index (χ1) is 11.7. The molecule has 3 rings (SSSR count). The normalized spacial score (nSPS) is 12.3. The monoisotopic (exact) mass is 343 g/mol. The van der Waals surface area contributed by atoms with Gasteiger partial charge >= 0.3 is 0 Å². The molecule has 11 heteroatoms. The first-order valence-corrected chi connectivity index (χ1v) is 6.57. The summed E-state index contributed by atoms with van der Waals surface area (Å²) >= 11 is 0. The van der Waals surface area contributed by atoms with Crippen LogP contribution in [0.2, 0.25) is 0 Å². The van der Waals surface area contributed by atoms with Gasteiger partial charge in [-0.1, -0.05) is 0 Å². The van der Waals surface area contributed by atoms with Gasteiger partial charge in [-0.2, -0.15) is 0 Å². The molecule has 0 bridgehead atoms. The number of carbonyl (C=O) groups excluding carboxylic acids is 2. The largest absolute Gasteiger partial charge is 0.289 e. The van der Waals surface area contributed by atoms with Gasteiger partial charge in [-0.3, -0.25) is 39.9 Å². The SMILES string of the molecule is O=C1c2ccc([N+](=O)[O-])cc2C(=O)c2c1cc([N+](=O)[O-])cc2[N+](=O)[O-]. The molecule has 1 aliphatic rings. The van der Waals surface area contributed by atoms with E-state index >= 15 is 0 Å². The summed E-state index contributed by atoms with van der Waals surface area (Å²) in [6.07, 6.45) is 0. The molecule has 0 spiro atoms. The number of non-ortho nitro benzene ring substituents is 2. The van der Waals surface area contributed by atoms with Gasteiger partial charge in [0.05, 0.1) is 20.8 Å². The lowest BCUT2D eigenvalue weighted by atomic mass is 9.82. The number of fused-ring (bicyclic) bond motifs is 2. The third-order valence-electron chi connectivity index (χ3n) is 3.68. The Morgan fingerprint density at radius 3 is 1.80 bits per heavy atom. The van der Waals surface area contributed by atoms with Gasteiger partial charge in [0.15, 0.2) is 5.78 Å². The van der Waals surface area contributed by atoms with Crippen molar-refractivity contribution in [1.82, 2.24) is 0 Å². The molecule has 2 aromatic carbocycles. The van der Waals surface area contributed by atoms with E-state index in [2.05, 4.69) is 0 Å². The highest BCUT2D eigenvalue weighted by Crippen LogP contribution is 2.37. The highest BCUT2D eigenvalue weighted by Gasteiger charge is 2.38. The van der Waals surface area contributed by atoms with Crippen molar-refractivity contribution < 1.29 is 24.4 Å². The van der Waals surface area contributed by atoms with E-state index in [-0.39, 0.29) is 11.1 Å². The van der Waals surface area contributed by atoms with Crippen molar-refractivity contribution in [3.05, 3.63) is 82.9 Å². The van der Waals surface area contributed by atoms with E-state index in [1.165, 1.54) is 0 Å². The van der Waals surface area contributed by atoms with E-state index in [4.69, 9.17) is 0 Å². The lowest BCUT2D eigenvalue weighted by Gasteiger charge is -2.16. The zero-order chi connectivity index (χ0) is 18.5. The molecule has 0 saturated heterocycles. The van der Waals surface area contributed by atoms with Crippen LogP contribution in [0.15, 0.2) is 30.3 Å². The standard InChI is InChI=1S/C14H5N3O8/c18-13-8-2-1-6(15(20)21)3-9(8)14(19)12-10(13)4-7(16(22)23)5-11(12)17(24)25/h1-5H. The summed E-state index contributed by atoms with van der Waals surface area (Å²) in [6.45, 7) is 0. The summed E-state index contributed by atoms with van der Waals surface area (Å²) in [6, 6.07) is 4.25. The van der Waals surface area contributed by atoms with Crippen LogP contribution in [-0.4, -0.2) is 26.3 Å². The molecule has 0 fully saturated rings. The zero-order valence-electron chi connectivity index (χ0n) is 12.0. The smallest absolute Gasteiger partial charge is 0.288 e. The van der Waals surface area contributed by atoms with Gasteiger partial charge in [0.25, 0.3) is 17.1 Å². The van der Waals surface area contributed by atoms with Gasteiger partial charge < -0.3 is 0 Å². The molecule has 1 aliphatic carbocycles. The Morgan fingerprint density at radius 2 is 1.24 bits per heavy atom. The second-order valence-corrected chi connectivity index (χ2v) is 5.05. The minimum Gasteiger partial charge on any atom is -0.289 e. The molecule has 0 unspecified atom stereocenters. The van der Waals surface area contributed by atoms with E-state index < -0.39 is 54.5 Å². The van der Waals surface area contributed by atoms with Crippen molar-refractivity contribution in [2.75, 3.05) is 0 Å². The van der Waals surface area contributed by atoms with E-state index in [1.807, 2.05) is 0 Å². The van der Waals surface area contributed by atoms with Crippen LogP contribution in [0.5, 0.6) is 0 Å². The van der Waals surface area contributed by atoms with E-state index in [0.717, 1.165) is 24.3 Å². The Kier molecular flexibility index (Phi) is 3.34. The number of hydrogen-bond donors (Lipinski definition) is 0. The highest BCUT2D eigenvalue weighted by molar-refractivity contribution is 6.30. The molecule has 0 amide bonds. The minimum atomic E-state index is -1.01. The maximum atomic E-state index is 12.6. The number of nitrogens with zero attached hydrogens (tertiary/aromatic N) is 3. The van der Waals surface area contributed by atoms with Crippen molar-refractivity contribution in [1.29, 1.82) is 0 Å². The van der Waals surface area contributed by atoms with Crippen LogP contribution in [0.3, 0.4) is 0 Å². The highest BCUT2D eigenvalue weighted by atomic mass is 16.6. The average molecular weight is 343 g/mol. The molecule has 2 aromatic rings. The van der Waals surface area contributed by atoms with E-state index in [9.17, 15) is 39.9 Å². The lowest BCUT2D eigenvalue weighted by molar-refractivity contribution is -0.394. The minimum absolute atomic E-state index is 0.210. The Hall–Kier alpha value is -4.02. The summed E-state index contributed by atoms with van der Waals surface area (Å²) in [5.41, 5.74) is -3.74. The number of nitro benzene ring substituents is 3. The summed E-state index contributed by atoms with van der Waals surface area (Å²) < 4.78 is 0. The molecule has 11 nitrogen and oxygen atoms in total. The summed E-state index contributed by atoms with van der Waals surface area (Å²) in [7, 11) is 0. The van der Waals surface area contributed by atoms with Crippen LogP contribution < -0.4 is 0 Å². The Morgan fingerprint density at radius 1 is 0.640 bits per heavy atom. The molecular weight excluding hydrogens is 338 g/mol. The fourth-order valence-electron chi connectivity index (χ4n) is 2.59. The Balaban J connectivity index is 2.35. The Labute approximate surface area is 136 Å². The van der Waals surface area contributed by atoms with Crippen molar-refractivity contribution in [2.24, 2.45) is 0 Å². The van der Waals surface area contributed by atoms with E-state index in [0.29, 0.717) is 6.07 Å². The van der Waals surface area contributed by atoms with Crippen LogP contribution >= 0.6 is 0 Å². The van der Waals surface area contributed by atoms with Gasteiger partial charge in [-0.25, -0.2) is 0 Å². The van der Waals surface area contributed by atoms with E-state index in [1.54, 1.807) is 0 Å². The quantitative estimate of drug-likeness (QED) is 0.515. The molecule has 124 valence electrons. The van der Waals surface area contributed by atoms with Crippen molar-refractivity contribution in [3.8, 4) is 0 Å². The average Bonchev–Trinajstić information content (AvgIpc) is 2.57. The number of nitro groups is 3. The maximum Gasteiger partial charge on any atom is 0.288 e. The lowest BCUT2D eigenvalue weighted by Crippen LogP contribution is -2.22. The first kappa shape index (κ1) is 15.9. The number of carbonyl (C=O) groups is 2. The molecule has 0 radical (unpaired) electrons. The van der Waals surface area contributed by atoms with Gasteiger partial charge in [0.2, 0.25) is 5.78 Å². The fraction of sp³-hybridized carbons (Fsp3) is 0. The van der Waals surface area contributed by atoms with Crippen LogP contribution in [0, 0.1) is 30.3 Å². The number of benzene rings is 2. The third kappa shape index (κ3) is 2.30. The van der Waals surface area contributed by atoms with Crippen LogP contribution in [0.25, 0.3) is 0 Å². The van der Waals surface area contributed by atoms with Crippen molar-refractivity contribution in [2.45, 2.75) is 0 Å². The number of rotatable bonds is 3. The third-order valence-corrected chi connectivity index (χ3v) is 3.68. The molecule has 0 aromatic heterocycles. The van der Waals surface area contributed by atoms with Crippen LogP contribution in [-0.2, 0) is 0 Å². The number of hydrogen-bond acceptors (Lipinski definition) is 8. The van der Waals surface area contributed by atoms with Crippen molar-refractivity contribution >= 4 is 28.6 Å². The van der Waals surface area contributed by atoms with Crippen LogP contribution in [0.1, 0.15) is 31.8 Å². The molecular formula is C14H5N3O8. The second kappa shape index (κ2) is 5.26. The summed E-state index contributed by atoms with van der Waals surface area (Å²) in [5.74, 6) is -1.83. The molecule has 0 heterocycles. The molecule has 25 heavy (non-hydrogen) atoms. The fourth-order valence-corrected chi connectivity index (χ4v) is 2.59. The second-order valence-electron chi connectivity index (χ2n) is 5.05. The summed E-state index contributed by atoms with van der Waals surface area (Å²) in [5, 5.41) is 33.0. The first-order valence-electron chi connectivity index (χ1n) is 6.57. The Bertz CT molecular complexity index is 1030. The maximum absolute atomic E-state index is 12.6. The van der Waals surface area contributed by atoms with Gasteiger partial charge in [0.1, 0.15) is 5.56 Å². The number of ketones is 2. The predicted octanol–water partition coefficient (Wildman–Crippen LogP) is 2.19. The van der Waals surface area contributed by atoms with Gasteiger partial charge in [-0.15, -0.1) is 0 Å². The predicted molar refractivity (Wildman–Crippen MR) is 79.7 cm³/mol. The molecule has 0 N–H and O–H groups in total. The van der Waals surface area contributed by atoms with Gasteiger partial charge in [-0.05, 0) is 6.07 Å². The van der Waals surface area contributed by atoms with Crippen molar-refractivity contribution in [3.63, 3.8) is 0 Å². The summed E-state index contributed by atoms with van der Waals surface area (Å²) in [4.78, 5) is 55.4.